The lowest BCUT2D eigenvalue weighted by Crippen LogP contribution is -2.22. The van der Waals surface area contributed by atoms with Gasteiger partial charge < -0.3 is 9.47 Å². The van der Waals surface area contributed by atoms with Crippen LogP contribution in [0.2, 0.25) is 0 Å². The highest BCUT2D eigenvalue weighted by Gasteiger charge is 2.17. The Morgan fingerprint density at radius 3 is 2.00 bits per heavy atom. The molecule has 0 aromatic heterocycles. The molecule has 1 rings (SSSR count). The summed E-state index contributed by atoms with van der Waals surface area (Å²) in [5, 5.41) is 0. The number of benzene rings is 1. The Kier molecular flexibility index (Phi) is 7.35. The summed E-state index contributed by atoms with van der Waals surface area (Å²) in [5.41, 5.74) is 3.01. The molecule has 0 heterocycles. The van der Waals surface area contributed by atoms with Crippen molar-refractivity contribution >= 4 is 9.84 Å². The van der Waals surface area contributed by atoms with E-state index in [-0.39, 0.29) is 11.5 Å². The number of hydrogen-bond donors (Lipinski definition) is 0. The Balaban J connectivity index is 2.64. The van der Waals surface area contributed by atoms with Crippen LogP contribution in [0.3, 0.4) is 0 Å². The number of rotatable bonds is 9. The van der Waals surface area contributed by atoms with Crippen LogP contribution in [0.4, 0.5) is 0 Å². The van der Waals surface area contributed by atoms with Crippen LogP contribution in [0.5, 0.6) is 0 Å². The minimum atomic E-state index is -3.16. The van der Waals surface area contributed by atoms with Crippen molar-refractivity contribution < 1.29 is 17.9 Å². The molecule has 0 fully saturated rings. The van der Waals surface area contributed by atoms with Gasteiger partial charge in [0.1, 0.15) is 0 Å². The zero-order valence-corrected chi connectivity index (χ0v) is 14.2. The second kappa shape index (κ2) is 8.51. The molecule has 0 saturated heterocycles. The molecule has 120 valence electrons. The third kappa shape index (κ3) is 7.07. The standard InChI is InChI=1S/C16H26O4S/c1-5-19-16(20-6-2)7-8-21(17,18)12-15-10-13(3)9-14(4)11-15/h9-11,16H,5-8,12H2,1-4H3. The zero-order valence-electron chi connectivity index (χ0n) is 13.4. The van der Waals surface area contributed by atoms with Gasteiger partial charge in [-0.1, -0.05) is 29.3 Å². The first-order valence-corrected chi connectivity index (χ1v) is 9.19. The van der Waals surface area contributed by atoms with Gasteiger partial charge in [-0.2, -0.15) is 0 Å². The molecule has 0 spiro atoms. The van der Waals surface area contributed by atoms with E-state index in [9.17, 15) is 8.42 Å². The van der Waals surface area contributed by atoms with Crippen LogP contribution in [0.1, 0.15) is 37.0 Å². The monoisotopic (exact) mass is 314 g/mol. The van der Waals surface area contributed by atoms with Gasteiger partial charge in [0.05, 0.1) is 11.5 Å². The fourth-order valence-electron chi connectivity index (χ4n) is 2.34. The lowest BCUT2D eigenvalue weighted by Gasteiger charge is -2.16. The topological polar surface area (TPSA) is 52.6 Å². The fraction of sp³-hybridized carbons (Fsp3) is 0.625. The molecule has 0 saturated carbocycles. The Bertz CT molecular complexity index is 511. The molecule has 0 aliphatic rings. The number of ether oxygens (including phenoxy) is 2. The summed E-state index contributed by atoms with van der Waals surface area (Å²) in [6.45, 7) is 8.72. The molecule has 0 N–H and O–H groups in total. The predicted octanol–water partition coefficient (Wildman–Crippen LogP) is 3.01. The highest BCUT2D eigenvalue weighted by atomic mass is 32.2. The van der Waals surface area contributed by atoms with Crippen molar-refractivity contribution in [2.45, 2.75) is 46.2 Å². The first kappa shape index (κ1) is 18.1. The Labute approximate surface area is 128 Å². The molecular weight excluding hydrogens is 288 g/mol. The second-order valence-corrected chi connectivity index (χ2v) is 7.40. The van der Waals surface area contributed by atoms with Crippen LogP contribution in [0.15, 0.2) is 18.2 Å². The summed E-state index contributed by atoms with van der Waals surface area (Å²) in [5.74, 6) is 0.144. The summed E-state index contributed by atoms with van der Waals surface area (Å²) in [6.07, 6.45) is -0.0662. The van der Waals surface area contributed by atoms with Crippen LogP contribution < -0.4 is 0 Å². The minimum absolute atomic E-state index is 0.0699. The molecule has 0 bridgehead atoms. The van der Waals surface area contributed by atoms with Crippen molar-refractivity contribution in [2.24, 2.45) is 0 Å². The van der Waals surface area contributed by atoms with Gasteiger partial charge in [-0.25, -0.2) is 8.42 Å². The summed E-state index contributed by atoms with van der Waals surface area (Å²) < 4.78 is 35.2. The Morgan fingerprint density at radius 2 is 1.52 bits per heavy atom. The van der Waals surface area contributed by atoms with Crippen molar-refractivity contribution in [1.29, 1.82) is 0 Å². The predicted molar refractivity (Wildman–Crippen MR) is 85.1 cm³/mol. The molecule has 0 atom stereocenters. The van der Waals surface area contributed by atoms with Gasteiger partial charge >= 0.3 is 0 Å². The van der Waals surface area contributed by atoms with Gasteiger partial charge in [0.15, 0.2) is 16.1 Å². The van der Waals surface area contributed by atoms with Gasteiger partial charge in [0.2, 0.25) is 0 Å². The van der Waals surface area contributed by atoms with Crippen molar-refractivity contribution in [3.05, 3.63) is 34.9 Å². The molecule has 0 aliphatic carbocycles. The third-order valence-corrected chi connectivity index (χ3v) is 4.67. The molecule has 0 amide bonds. The van der Waals surface area contributed by atoms with Crippen LogP contribution in [-0.4, -0.2) is 33.7 Å². The smallest absolute Gasteiger partial charge is 0.158 e. The molecule has 21 heavy (non-hydrogen) atoms. The van der Waals surface area contributed by atoms with Gasteiger partial charge in [-0.3, -0.25) is 0 Å². The molecule has 5 heteroatoms. The van der Waals surface area contributed by atoms with Crippen LogP contribution >= 0.6 is 0 Å². The normalized spacial score (nSPS) is 12.0. The minimum Gasteiger partial charge on any atom is -0.353 e. The molecule has 0 radical (unpaired) electrons. The highest BCUT2D eigenvalue weighted by Crippen LogP contribution is 2.14. The number of hydrogen-bond acceptors (Lipinski definition) is 4. The average molecular weight is 314 g/mol. The summed E-state index contributed by atoms with van der Waals surface area (Å²) in [7, 11) is -3.16. The molecule has 1 aromatic carbocycles. The summed E-state index contributed by atoms with van der Waals surface area (Å²) >= 11 is 0. The molecule has 4 nitrogen and oxygen atoms in total. The molecule has 0 aliphatic heterocycles. The molecular formula is C16H26O4S. The van der Waals surface area contributed by atoms with E-state index in [1.165, 1.54) is 0 Å². The first-order valence-electron chi connectivity index (χ1n) is 7.37. The van der Waals surface area contributed by atoms with Gasteiger partial charge in [-0.15, -0.1) is 0 Å². The van der Waals surface area contributed by atoms with E-state index in [1.807, 2.05) is 45.9 Å². The van der Waals surface area contributed by atoms with Crippen LogP contribution in [-0.2, 0) is 25.1 Å². The van der Waals surface area contributed by atoms with Crippen molar-refractivity contribution in [1.82, 2.24) is 0 Å². The summed E-state index contributed by atoms with van der Waals surface area (Å²) in [6, 6.07) is 5.89. The first-order chi connectivity index (χ1) is 9.86. The molecule has 0 unspecified atom stereocenters. The van der Waals surface area contributed by atoms with Crippen molar-refractivity contribution in [2.75, 3.05) is 19.0 Å². The number of sulfone groups is 1. The number of aryl methyl sites for hydroxylation is 2. The van der Waals surface area contributed by atoms with E-state index < -0.39 is 16.1 Å². The maximum atomic E-state index is 12.2. The van der Waals surface area contributed by atoms with Crippen molar-refractivity contribution in [3.8, 4) is 0 Å². The third-order valence-electron chi connectivity index (χ3n) is 3.04. The lowest BCUT2D eigenvalue weighted by atomic mass is 10.1. The van der Waals surface area contributed by atoms with E-state index in [0.29, 0.717) is 19.6 Å². The maximum absolute atomic E-state index is 12.2. The average Bonchev–Trinajstić information content (AvgIpc) is 2.34. The largest absolute Gasteiger partial charge is 0.353 e. The quantitative estimate of drug-likeness (QED) is 0.658. The van der Waals surface area contributed by atoms with Gasteiger partial charge in [0, 0.05) is 19.6 Å². The zero-order chi connectivity index (χ0) is 15.9. The Morgan fingerprint density at radius 1 is 1.00 bits per heavy atom. The maximum Gasteiger partial charge on any atom is 0.158 e. The molecule has 1 aromatic rings. The van der Waals surface area contributed by atoms with E-state index in [2.05, 4.69) is 0 Å². The fourth-order valence-corrected chi connectivity index (χ4v) is 3.71. The Hall–Kier alpha value is -0.910. The van der Waals surface area contributed by atoms with Crippen LogP contribution in [0, 0.1) is 13.8 Å². The second-order valence-electron chi connectivity index (χ2n) is 5.22. The summed E-state index contributed by atoms with van der Waals surface area (Å²) in [4.78, 5) is 0. The van der Waals surface area contributed by atoms with E-state index in [0.717, 1.165) is 16.7 Å². The van der Waals surface area contributed by atoms with Gasteiger partial charge in [-0.05, 0) is 33.3 Å². The van der Waals surface area contributed by atoms with E-state index in [4.69, 9.17) is 9.47 Å². The van der Waals surface area contributed by atoms with E-state index >= 15 is 0 Å². The van der Waals surface area contributed by atoms with Gasteiger partial charge in [0.25, 0.3) is 0 Å². The van der Waals surface area contributed by atoms with Crippen molar-refractivity contribution in [3.63, 3.8) is 0 Å². The van der Waals surface area contributed by atoms with Crippen LogP contribution in [0.25, 0.3) is 0 Å². The highest BCUT2D eigenvalue weighted by molar-refractivity contribution is 7.90. The lowest BCUT2D eigenvalue weighted by molar-refractivity contribution is -0.136. The van der Waals surface area contributed by atoms with E-state index in [1.54, 1.807) is 0 Å². The SMILES string of the molecule is CCOC(CCS(=O)(=O)Cc1cc(C)cc(C)c1)OCC.